The number of aryl methyl sites for hydroxylation is 1. The molecule has 1 aliphatic heterocycles. The maximum atomic E-state index is 12.6. The molecule has 0 aliphatic carbocycles. The molecule has 0 spiro atoms. The van der Waals surface area contributed by atoms with Crippen LogP contribution in [0.25, 0.3) is 0 Å². The normalized spacial score (nSPS) is 15.4. The monoisotopic (exact) mass is 382 g/mol. The standard InChI is InChI=1S/C18H26N2O5S/c1-25-18(22)11-12-19-17(21)10-7-15-5-8-16(9-6-15)26(23,24)20-13-3-2-4-14-20/h5-6,8-9H,2-4,7,10-14H2,1H3,(H,19,21). The predicted molar refractivity (Wildman–Crippen MR) is 97.0 cm³/mol. The number of nitrogens with one attached hydrogen (secondary N) is 1. The molecule has 0 radical (unpaired) electrons. The third kappa shape index (κ3) is 5.81. The van der Waals surface area contributed by atoms with E-state index >= 15 is 0 Å². The molecule has 0 unspecified atom stereocenters. The number of hydrogen-bond acceptors (Lipinski definition) is 5. The molecule has 1 aromatic carbocycles. The van der Waals surface area contributed by atoms with Crippen LogP contribution in [0.15, 0.2) is 29.2 Å². The van der Waals surface area contributed by atoms with E-state index < -0.39 is 10.0 Å². The first-order valence-electron chi connectivity index (χ1n) is 8.86. The van der Waals surface area contributed by atoms with Crippen LogP contribution in [0.2, 0.25) is 0 Å². The highest BCUT2D eigenvalue weighted by molar-refractivity contribution is 7.89. The summed E-state index contributed by atoms with van der Waals surface area (Å²) in [6.07, 6.45) is 3.82. The summed E-state index contributed by atoms with van der Waals surface area (Å²) in [5, 5.41) is 2.65. The third-order valence-electron chi connectivity index (χ3n) is 4.40. The fourth-order valence-electron chi connectivity index (χ4n) is 2.83. The molecule has 1 aromatic rings. The van der Waals surface area contributed by atoms with Crippen molar-refractivity contribution in [2.75, 3.05) is 26.7 Å². The molecule has 26 heavy (non-hydrogen) atoms. The van der Waals surface area contributed by atoms with Gasteiger partial charge in [0, 0.05) is 26.1 Å². The number of carbonyl (C=O) groups excluding carboxylic acids is 2. The molecule has 1 amide bonds. The number of sulfonamides is 1. The molecule has 0 atom stereocenters. The molecule has 0 bridgehead atoms. The highest BCUT2D eigenvalue weighted by atomic mass is 32.2. The van der Waals surface area contributed by atoms with Gasteiger partial charge in [0.25, 0.3) is 0 Å². The molecule has 7 nitrogen and oxygen atoms in total. The minimum absolute atomic E-state index is 0.144. The van der Waals surface area contributed by atoms with Gasteiger partial charge in [0.05, 0.1) is 18.4 Å². The van der Waals surface area contributed by atoms with Crippen LogP contribution in [-0.4, -0.2) is 51.3 Å². The lowest BCUT2D eigenvalue weighted by Gasteiger charge is -2.25. The molecular formula is C18H26N2O5S. The minimum Gasteiger partial charge on any atom is -0.469 e. The lowest BCUT2D eigenvalue weighted by molar-refractivity contribution is -0.140. The SMILES string of the molecule is COC(=O)CCNC(=O)CCc1ccc(S(=O)(=O)N2CCCCC2)cc1. The Kier molecular flexibility index (Phi) is 7.59. The molecule has 1 N–H and O–H groups in total. The largest absolute Gasteiger partial charge is 0.469 e. The number of rotatable bonds is 8. The summed E-state index contributed by atoms with van der Waals surface area (Å²) in [4.78, 5) is 23.0. The summed E-state index contributed by atoms with van der Waals surface area (Å²) in [6.45, 7) is 1.41. The molecule has 1 fully saturated rings. The van der Waals surface area contributed by atoms with Gasteiger partial charge in [-0.3, -0.25) is 9.59 Å². The Morgan fingerprint density at radius 3 is 2.35 bits per heavy atom. The molecule has 1 saturated heterocycles. The Labute approximate surface area is 154 Å². The van der Waals surface area contributed by atoms with Crippen molar-refractivity contribution in [3.8, 4) is 0 Å². The fraction of sp³-hybridized carbons (Fsp3) is 0.556. The van der Waals surface area contributed by atoms with Crippen LogP contribution in [0, 0.1) is 0 Å². The molecule has 1 heterocycles. The summed E-state index contributed by atoms with van der Waals surface area (Å²) in [7, 11) is -2.12. The second-order valence-corrected chi connectivity index (χ2v) is 8.22. The predicted octanol–water partition coefficient (Wildman–Crippen LogP) is 1.47. The van der Waals surface area contributed by atoms with Crippen molar-refractivity contribution in [2.24, 2.45) is 0 Å². The quantitative estimate of drug-likeness (QED) is 0.688. The van der Waals surface area contributed by atoms with Crippen LogP contribution in [0.3, 0.4) is 0 Å². The maximum absolute atomic E-state index is 12.6. The van der Waals surface area contributed by atoms with E-state index in [2.05, 4.69) is 10.1 Å². The number of piperidine rings is 1. The molecule has 1 aliphatic rings. The minimum atomic E-state index is -3.42. The summed E-state index contributed by atoms with van der Waals surface area (Å²) in [5.41, 5.74) is 0.894. The maximum Gasteiger partial charge on any atom is 0.307 e. The van der Waals surface area contributed by atoms with Crippen LogP contribution < -0.4 is 5.32 Å². The first kappa shape index (κ1) is 20.4. The highest BCUT2D eigenvalue weighted by Crippen LogP contribution is 2.21. The Bertz CT molecular complexity index is 710. The zero-order valence-electron chi connectivity index (χ0n) is 15.1. The van der Waals surface area contributed by atoms with E-state index in [0.717, 1.165) is 24.8 Å². The number of amides is 1. The van der Waals surface area contributed by atoms with E-state index in [-0.39, 0.29) is 31.3 Å². The van der Waals surface area contributed by atoms with Gasteiger partial charge in [-0.1, -0.05) is 18.6 Å². The van der Waals surface area contributed by atoms with Crippen molar-refractivity contribution in [3.05, 3.63) is 29.8 Å². The van der Waals surface area contributed by atoms with Gasteiger partial charge in [0.1, 0.15) is 0 Å². The average Bonchev–Trinajstić information content (AvgIpc) is 2.67. The summed E-state index contributed by atoms with van der Waals surface area (Å²) >= 11 is 0. The van der Waals surface area contributed by atoms with Crippen LogP contribution in [0.5, 0.6) is 0 Å². The summed E-state index contributed by atoms with van der Waals surface area (Å²) < 4.78 is 31.2. The highest BCUT2D eigenvalue weighted by Gasteiger charge is 2.25. The van der Waals surface area contributed by atoms with Gasteiger partial charge >= 0.3 is 5.97 Å². The second-order valence-electron chi connectivity index (χ2n) is 6.28. The van der Waals surface area contributed by atoms with Gasteiger partial charge < -0.3 is 10.1 Å². The topological polar surface area (TPSA) is 92.8 Å². The van der Waals surface area contributed by atoms with Gasteiger partial charge in [0.2, 0.25) is 15.9 Å². The Morgan fingerprint density at radius 2 is 1.73 bits per heavy atom. The van der Waals surface area contributed by atoms with Crippen LogP contribution >= 0.6 is 0 Å². The number of hydrogen-bond donors (Lipinski definition) is 1. The lowest BCUT2D eigenvalue weighted by Crippen LogP contribution is -2.35. The first-order chi connectivity index (χ1) is 12.4. The van der Waals surface area contributed by atoms with Crippen molar-refractivity contribution in [1.82, 2.24) is 9.62 Å². The summed E-state index contributed by atoms with van der Waals surface area (Å²) in [6, 6.07) is 6.71. The number of benzene rings is 1. The van der Waals surface area contributed by atoms with E-state index in [1.54, 1.807) is 28.6 Å². The molecule has 0 saturated carbocycles. The number of ether oxygens (including phenoxy) is 1. The average molecular weight is 382 g/mol. The van der Waals surface area contributed by atoms with E-state index in [1.807, 2.05) is 0 Å². The smallest absolute Gasteiger partial charge is 0.307 e. The summed E-state index contributed by atoms with van der Waals surface area (Å²) in [5.74, 6) is -0.519. The van der Waals surface area contributed by atoms with Crippen molar-refractivity contribution >= 4 is 21.9 Å². The van der Waals surface area contributed by atoms with Crippen molar-refractivity contribution < 1.29 is 22.7 Å². The van der Waals surface area contributed by atoms with E-state index in [4.69, 9.17) is 0 Å². The molecular weight excluding hydrogens is 356 g/mol. The van der Waals surface area contributed by atoms with Crippen LogP contribution in [0.1, 0.15) is 37.7 Å². The molecule has 8 heteroatoms. The van der Waals surface area contributed by atoms with Crippen molar-refractivity contribution in [1.29, 1.82) is 0 Å². The second kappa shape index (κ2) is 9.68. The fourth-order valence-corrected chi connectivity index (χ4v) is 4.35. The Balaban J connectivity index is 1.83. The van der Waals surface area contributed by atoms with Crippen LogP contribution in [-0.2, 0) is 30.8 Å². The number of carbonyl (C=O) groups is 2. The molecule has 2 rings (SSSR count). The van der Waals surface area contributed by atoms with Gasteiger partial charge in [-0.15, -0.1) is 0 Å². The van der Waals surface area contributed by atoms with E-state index in [9.17, 15) is 18.0 Å². The van der Waals surface area contributed by atoms with Crippen molar-refractivity contribution in [2.45, 2.75) is 43.4 Å². The molecule has 0 aromatic heterocycles. The van der Waals surface area contributed by atoms with E-state index in [1.165, 1.54) is 7.11 Å². The van der Waals surface area contributed by atoms with E-state index in [0.29, 0.717) is 24.4 Å². The lowest BCUT2D eigenvalue weighted by atomic mass is 10.1. The Morgan fingerprint density at radius 1 is 1.08 bits per heavy atom. The number of methoxy groups -OCH3 is 1. The molecule has 144 valence electrons. The van der Waals surface area contributed by atoms with Gasteiger partial charge in [-0.25, -0.2) is 8.42 Å². The first-order valence-corrected chi connectivity index (χ1v) is 10.3. The third-order valence-corrected chi connectivity index (χ3v) is 6.31. The zero-order chi connectivity index (χ0) is 19.0. The van der Waals surface area contributed by atoms with Gasteiger partial charge in [0.15, 0.2) is 0 Å². The van der Waals surface area contributed by atoms with Gasteiger partial charge in [-0.05, 0) is 37.0 Å². The van der Waals surface area contributed by atoms with Crippen molar-refractivity contribution in [3.63, 3.8) is 0 Å². The number of esters is 1. The number of nitrogens with zero attached hydrogens (tertiary/aromatic N) is 1. The zero-order valence-corrected chi connectivity index (χ0v) is 15.9. The Hall–Kier alpha value is -1.93. The van der Waals surface area contributed by atoms with Crippen LogP contribution in [0.4, 0.5) is 0 Å². The van der Waals surface area contributed by atoms with Gasteiger partial charge in [-0.2, -0.15) is 4.31 Å².